The highest BCUT2D eigenvalue weighted by atomic mass is 16.5. The van der Waals surface area contributed by atoms with Crippen LogP contribution in [0.1, 0.15) is 5.56 Å². The number of methoxy groups -OCH3 is 1. The topological polar surface area (TPSA) is 39.4 Å². The maximum absolute atomic E-state index is 5.29. The third-order valence-electron chi connectivity index (χ3n) is 4.76. The first kappa shape index (κ1) is 14.9. The molecular weight excluding hydrogens is 322 g/mol. The molecule has 4 nitrogen and oxygen atoms in total. The third-order valence-corrected chi connectivity index (χ3v) is 4.76. The number of rotatable bonds is 2. The van der Waals surface area contributed by atoms with Gasteiger partial charge < -0.3 is 4.74 Å². The van der Waals surface area contributed by atoms with Crippen molar-refractivity contribution in [3.63, 3.8) is 0 Å². The Labute approximate surface area is 150 Å². The molecule has 0 amide bonds. The Balaban J connectivity index is 1.94. The largest absolute Gasteiger partial charge is 0.497 e. The summed E-state index contributed by atoms with van der Waals surface area (Å²) in [6.07, 6.45) is 2.07. The fourth-order valence-corrected chi connectivity index (χ4v) is 3.46. The lowest BCUT2D eigenvalue weighted by molar-refractivity contribution is 0.415. The molecule has 5 rings (SSSR count). The summed E-state index contributed by atoms with van der Waals surface area (Å²) in [5.41, 5.74) is 7.06. The summed E-state index contributed by atoms with van der Waals surface area (Å²) in [6.45, 7) is 2.08. The first-order valence-electron chi connectivity index (χ1n) is 8.56. The van der Waals surface area contributed by atoms with Gasteiger partial charge in [0, 0.05) is 17.1 Å². The van der Waals surface area contributed by atoms with Gasteiger partial charge in [0.15, 0.2) is 0 Å². The molecule has 0 fully saturated rings. The molecule has 126 valence electrons. The Morgan fingerprint density at radius 1 is 0.923 bits per heavy atom. The van der Waals surface area contributed by atoms with Crippen LogP contribution >= 0.6 is 0 Å². The van der Waals surface area contributed by atoms with Crippen molar-refractivity contribution in [2.75, 3.05) is 7.11 Å². The van der Waals surface area contributed by atoms with Gasteiger partial charge in [-0.15, -0.1) is 0 Å². The van der Waals surface area contributed by atoms with E-state index in [1.807, 2.05) is 42.5 Å². The lowest BCUT2D eigenvalue weighted by Crippen LogP contribution is -1.92. The SMILES string of the molecule is COc1ccc(-c2nc3ccccc3c3nc4cc(C)ccn4c23)cc1. The highest BCUT2D eigenvalue weighted by Crippen LogP contribution is 2.33. The van der Waals surface area contributed by atoms with E-state index >= 15 is 0 Å². The van der Waals surface area contributed by atoms with E-state index in [0.717, 1.165) is 44.6 Å². The fraction of sp³-hybridized carbons (Fsp3) is 0.0909. The average molecular weight is 339 g/mol. The highest BCUT2D eigenvalue weighted by molar-refractivity contribution is 6.08. The third kappa shape index (κ3) is 2.15. The molecule has 4 heteroatoms. The zero-order valence-corrected chi connectivity index (χ0v) is 14.6. The number of imidazole rings is 1. The lowest BCUT2D eigenvalue weighted by Gasteiger charge is -2.08. The van der Waals surface area contributed by atoms with Crippen LogP contribution in [-0.2, 0) is 0 Å². The van der Waals surface area contributed by atoms with Gasteiger partial charge in [-0.25, -0.2) is 9.97 Å². The maximum Gasteiger partial charge on any atom is 0.138 e. The Hall–Kier alpha value is -3.40. The number of pyridine rings is 2. The normalized spacial score (nSPS) is 11.5. The average Bonchev–Trinajstić information content (AvgIpc) is 3.06. The van der Waals surface area contributed by atoms with Crippen LogP contribution in [-0.4, -0.2) is 21.5 Å². The molecule has 0 bridgehead atoms. The predicted molar refractivity (Wildman–Crippen MR) is 105 cm³/mol. The summed E-state index contributed by atoms with van der Waals surface area (Å²) in [6, 6.07) is 20.4. The van der Waals surface area contributed by atoms with Crippen molar-refractivity contribution in [3.8, 4) is 17.0 Å². The van der Waals surface area contributed by atoms with Crippen molar-refractivity contribution in [1.29, 1.82) is 0 Å². The van der Waals surface area contributed by atoms with Crippen LogP contribution in [0.2, 0.25) is 0 Å². The zero-order chi connectivity index (χ0) is 17.7. The molecule has 26 heavy (non-hydrogen) atoms. The predicted octanol–water partition coefficient (Wildman–Crippen LogP) is 5.02. The molecule has 0 spiro atoms. The molecule has 0 aliphatic heterocycles. The molecule has 0 saturated heterocycles. The van der Waals surface area contributed by atoms with E-state index < -0.39 is 0 Å². The minimum absolute atomic E-state index is 0.833. The van der Waals surface area contributed by atoms with E-state index in [2.05, 4.69) is 35.7 Å². The quantitative estimate of drug-likeness (QED) is 0.453. The molecule has 0 saturated carbocycles. The number of para-hydroxylation sites is 1. The smallest absolute Gasteiger partial charge is 0.138 e. The van der Waals surface area contributed by atoms with Gasteiger partial charge in [0.1, 0.15) is 16.9 Å². The van der Waals surface area contributed by atoms with Crippen LogP contribution in [0, 0.1) is 6.92 Å². The van der Waals surface area contributed by atoms with Crippen LogP contribution in [0.5, 0.6) is 5.75 Å². The lowest BCUT2D eigenvalue weighted by atomic mass is 10.1. The van der Waals surface area contributed by atoms with E-state index in [9.17, 15) is 0 Å². The molecule has 0 aliphatic rings. The summed E-state index contributed by atoms with van der Waals surface area (Å²) in [4.78, 5) is 9.89. The van der Waals surface area contributed by atoms with E-state index in [4.69, 9.17) is 14.7 Å². The molecule has 3 aromatic heterocycles. The van der Waals surface area contributed by atoms with Crippen molar-refractivity contribution < 1.29 is 4.74 Å². The van der Waals surface area contributed by atoms with Crippen LogP contribution in [0.25, 0.3) is 38.8 Å². The van der Waals surface area contributed by atoms with Gasteiger partial charge in [-0.05, 0) is 55.0 Å². The molecule has 0 unspecified atom stereocenters. The van der Waals surface area contributed by atoms with Crippen molar-refractivity contribution in [2.24, 2.45) is 0 Å². The van der Waals surface area contributed by atoms with Gasteiger partial charge in [0.2, 0.25) is 0 Å². The summed E-state index contributed by atoms with van der Waals surface area (Å²) in [5.74, 6) is 0.833. The van der Waals surface area contributed by atoms with E-state index in [1.54, 1.807) is 7.11 Å². The Kier molecular flexibility index (Phi) is 3.19. The number of aryl methyl sites for hydroxylation is 1. The molecule has 0 N–H and O–H groups in total. The Morgan fingerprint density at radius 2 is 1.73 bits per heavy atom. The second-order valence-electron chi connectivity index (χ2n) is 6.45. The number of nitrogens with zero attached hydrogens (tertiary/aromatic N) is 3. The molecule has 0 atom stereocenters. The van der Waals surface area contributed by atoms with Crippen molar-refractivity contribution >= 4 is 27.6 Å². The number of hydrogen-bond donors (Lipinski definition) is 0. The minimum atomic E-state index is 0.833. The number of ether oxygens (including phenoxy) is 1. The second-order valence-corrected chi connectivity index (χ2v) is 6.45. The molecular formula is C22H17N3O. The van der Waals surface area contributed by atoms with E-state index in [1.165, 1.54) is 5.56 Å². The van der Waals surface area contributed by atoms with Gasteiger partial charge in [0.05, 0.1) is 23.8 Å². The van der Waals surface area contributed by atoms with Gasteiger partial charge in [-0.1, -0.05) is 18.2 Å². The Morgan fingerprint density at radius 3 is 2.54 bits per heavy atom. The van der Waals surface area contributed by atoms with Gasteiger partial charge in [-0.2, -0.15) is 0 Å². The number of aromatic nitrogens is 3. The summed E-state index contributed by atoms with van der Waals surface area (Å²) >= 11 is 0. The molecule has 0 radical (unpaired) electrons. The summed E-state index contributed by atoms with van der Waals surface area (Å²) < 4.78 is 7.42. The highest BCUT2D eigenvalue weighted by Gasteiger charge is 2.16. The van der Waals surface area contributed by atoms with Crippen molar-refractivity contribution in [1.82, 2.24) is 14.4 Å². The van der Waals surface area contributed by atoms with Crippen LogP contribution in [0.15, 0.2) is 66.9 Å². The number of benzene rings is 2. The van der Waals surface area contributed by atoms with E-state index in [0.29, 0.717) is 0 Å². The molecule has 5 aromatic rings. The zero-order valence-electron chi connectivity index (χ0n) is 14.6. The maximum atomic E-state index is 5.29. The van der Waals surface area contributed by atoms with Crippen molar-refractivity contribution in [3.05, 3.63) is 72.4 Å². The molecule has 2 aromatic carbocycles. The molecule has 3 heterocycles. The van der Waals surface area contributed by atoms with Crippen LogP contribution in [0.3, 0.4) is 0 Å². The van der Waals surface area contributed by atoms with Crippen LogP contribution < -0.4 is 4.74 Å². The Bertz CT molecular complexity index is 1270. The monoisotopic (exact) mass is 339 g/mol. The summed E-state index contributed by atoms with van der Waals surface area (Å²) in [5, 5.41) is 1.07. The second kappa shape index (κ2) is 5.56. The van der Waals surface area contributed by atoms with Gasteiger partial charge in [-0.3, -0.25) is 4.40 Å². The van der Waals surface area contributed by atoms with Gasteiger partial charge >= 0.3 is 0 Å². The minimum Gasteiger partial charge on any atom is -0.497 e. The molecule has 0 aliphatic carbocycles. The number of hydrogen-bond acceptors (Lipinski definition) is 3. The van der Waals surface area contributed by atoms with Crippen LogP contribution in [0.4, 0.5) is 0 Å². The first-order chi connectivity index (χ1) is 12.7. The number of fused-ring (bicyclic) bond motifs is 5. The standard InChI is InChI=1S/C22H17N3O/c1-14-11-12-25-19(13-14)24-21-17-5-3-4-6-18(17)23-20(22(21)25)15-7-9-16(26-2)10-8-15/h3-13H,1-2H3. The first-order valence-corrected chi connectivity index (χ1v) is 8.56. The van der Waals surface area contributed by atoms with Gasteiger partial charge in [0.25, 0.3) is 0 Å². The fourth-order valence-electron chi connectivity index (χ4n) is 3.46. The summed E-state index contributed by atoms with van der Waals surface area (Å²) in [7, 11) is 1.67. The van der Waals surface area contributed by atoms with Crippen molar-refractivity contribution in [2.45, 2.75) is 6.92 Å². The van der Waals surface area contributed by atoms with E-state index in [-0.39, 0.29) is 0 Å².